The molecule has 132 heavy (non-hydrogen) atoms. The first-order valence-electron chi connectivity index (χ1n) is 45.2. The van der Waals surface area contributed by atoms with Gasteiger partial charge in [-0.3, -0.25) is 4.57 Å². The zero-order valence-corrected chi connectivity index (χ0v) is 71.6. The quantitative estimate of drug-likeness (QED) is 0.109. The summed E-state index contributed by atoms with van der Waals surface area (Å²) in [6.07, 6.45) is 0. The second-order valence-corrected chi connectivity index (χ2v) is 34.8. The molecule has 0 spiro atoms. The highest BCUT2D eigenvalue weighted by molar-refractivity contribution is 6.18. The normalized spacial score (nSPS) is 11.9. The lowest BCUT2D eigenvalue weighted by Crippen LogP contribution is -2.03. The highest BCUT2D eigenvalue weighted by atomic mass is 15.1. The van der Waals surface area contributed by atoms with E-state index in [0.717, 1.165) is 167 Å². The number of rotatable bonds is 14. The predicted molar refractivity (Wildman–Crippen MR) is 552 cm³/mol. The van der Waals surface area contributed by atoms with E-state index in [-0.39, 0.29) is 0 Å². The zero-order valence-electron chi connectivity index (χ0n) is 71.6. The fourth-order valence-electron chi connectivity index (χ4n) is 21.3. The van der Waals surface area contributed by atoms with Crippen LogP contribution in [0.2, 0.25) is 0 Å². The number of hydrogen-bond acceptors (Lipinski definition) is 2. The molecule has 27 aromatic rings. The van der Waals surface area contributed by atoms with Crippen LogP contribution in [0.1, 0.15) is 0 Å². The van der Waals surface area contributed by atoms with E-state index in [4.69, 9.17) is 9.97 Å². The lowest BCUT2D eigenvalue weighted by atomic mass is 9.97. The number of para-hydroxylation sites is 8. The van der Waals surface area contributed by atoms with Gasteiger partial charge in [-0.15, -0.1) is 0 Å². The van der Waals surface area contributed by atoms with Gasteiger partial charge in [-0.25, -0.2) is 9.97 Å². The van der Waals surface area contributed by atoms with Crippen LogP contribution in [0.5, 0.6) is 0 Å². The van der Waals surface area contributed by atoms with E-state index in [1.165, 1.54) is 81.8 Å². The first-order valence-corrected chi connectivity index (χ1v) is 45.2. The van der Waals surface area contributed by atoms with Gasteiger partial charge in [-0.05, 0) is 261 Å². The molecule has 0 aliphatic carbocycles. The highest BCUT2D eigenvalue weighted by Gasteiger charge is 2.25. The fraction of sp³-hybridized carbons (Fsp3) is 0. The van der Waals surface area contributed by atoms with Gasteiger partial charge in [0.1, 0.15) is 5.82 Å². The van der Waals surface area contributed by atoms with Gasteiger partial charge in [0.2, 0.25) is 0 Å². The monoisotopic (exact) mass is 1680 g/mol. The fourth-order valence-corrected chi connectivity index (χ4v) is 21.3. The van der Waals surface area contributed by atoms with E-state index in [2.05, 4.69) is 501 Å². The molecular weight excluding hydrogens is 1600 g/mol. The minimum atomic E-state index is 0.591. The molecule has 0 bridgehead atoms. The summed E-state index contributed by atoms with van der Waals surface area (Å²) in [4.78, 5) is 11.7. The van der Waals surface area contributed by atoms with Crippen molar-refractivity contribution in [2.45, 2.75) is 0 Å². The van der Waals surface area contributed by atoms with Crippen LogP contribution >= 0.6 is 0 Å². The summed E-state index contributed by atoms with van der Waals surface area (Å²) >= 11 is 0. The van der Waals surface area contributed by atoms with Crippen LogP contribution in [0.15, 0.2) is 473 Å². The van der Waals surface area contributed by atoms with Gasteiger partial charge >= 0.3 is 0 Å². The van der Waals surface area contributed by atoms with Crippen molar-refractivity contribution in [3.63, 3.8) is 0 Å². The molecule has 0 amide bonds. The Morgan fingerprint density at radius 3 is 0.674 bits per heavy atom. The smallest absolute Gasteiger partial charge is 0.162 e. The molecule has 0 aliphatic rings. The van der Waals surface area contributed by atoms with Crippen LogP contribution < -0.4 is 0 Å². The third-order valence-electron chi connectivity index (χ3n) is 27.4. The van der Waals surface area contributed by atoms with Gasteiger partial charge < -0.3 is 22.8 Å². The summed E-state index contributed by atoms with van der Waals surface area (Å²) in [6.45, 7) is 0. The zero-order chi connectivity index (χ0) is 86.6. The van der Waals surface area contributed by atoms with Crippen molar-refractivity contribution in [2.24, 2.45) is 0 Å². The van der Waals surface area contributed by atoms with Crippen molar-refractivity contribution in [3.05, 3.63) is 473 Å². The standard InChI is InChI=1S/C124H78N8/c1-6-27-79(28-7-1)80-29-24-30-81(67-80)82-31-25-32-91(68-82)110-78-123(132-121-65-57-89(85-53-61-117-104(72-85)100-45-18-22-49-113(100)129(117)95-38-12-4-13-39-95)76-108(121)109-77-90(58-66-122(109)132)86-54-62-118-105(73-86)101-46-19-23-50-114(101)130(118)96-40-14-5-15-41-96)126-124(125-110)92-33-26-42-97(69-92)131-119-63-55-87(83-51-59-115-102(70-83)98-43-16-20-47-111(98)127(115)93-34-8-2-9-35-93)74-106(119)107-75-88(56-64-120(107)131)84-52-60-116-103(71-84)99-44-17-21-48-112(99)128(116)94-36-10-3-11-37-94/h1-78H. The molecular formula is C124H78N8. The number of benzene rings is 20. The Hall–Kier alpha value is -17.7. The third-order valence-corrected chi connectivity index (χ3v) is 27.4. The van der Waals surface area contributed by atoms with Crippen molar-refractivity contribution in [1.29, 1.82) is 0 Å². The second kappa shape index (κ2) is 30.0. The van der Waals surface area contributed by atoms with Gasteiger partial charge in [-0.2, -0.15) is 0 Å². The van der Waals surface area contributed by atoms with Gasteiger partial charge in [0, 0.05) is 110 Å². The maximum absolute atomic E-state index is 5.93. The molecule has 27 rings (SSSR count). The first-order chi connectivity index (χ1) is 65.4. The van der Waals surface area contributed by atoms with E-state index >= 15 is 0 Å². The summed E-state index contributed by atoms with van der Waals surface area (Å²) in [5, 5.41) is 14.1. The molecule has 8 heteroatoms. The Kier molecular flexibility index (Phi) is 16.9. The lowest BCUT2D eigenvalue weighted by molar-refractivity contribution is 1.05. The predicted octanol–water partition coefficient (Wildman–Crippen LogP) is 32.4. The Morgan fingerprint density at radius 1 is 0.121 bits per heavy atom. The molecule has 7 heterocycles. The summed E-state index contributed by atoms with van der Waals surface area (Å²) < 4.78 is 14.4. The third kappa shape index (κ3) is 12.0. The molecule has 0 aliphatic heterocycles. The van der Waals surface area contributed by atoms with Crippen molar-refractivity contribution in [1.82, 2.24) is 37.4 Å². The second-order valence-electron chi connectivity index (χ2n) is 34.8. The van der Waals surface area contributed by atoms with E-state index < -0.39 is 0 Å². The largest absolute Gasteiger partial charge is 0.309 e. The number of aromatic nitrogens is 8. The number of hydrogen-bond donors (Lipinski definition) is 0. The van der Waals surface area contributed by atoms with Crippen molar-refractivity contribution in [2.75, 3.05) is 0 Å². The number of nitrogens with zero attached hydrogens (tertiary/aromatic N) is 8. The average molecular weight is 1680 g/mol. The molecule has 0 saturated carbocycles. The van der Waals surface area contributed by atoms with E-state index in [1.54, 1.807) is 0 Å². The summed E-state index contributed by atoms with van der Waals surface area (Å²) in [7, 11) is 0. The Morgan fingerprint density at radius 2 is 0.341 bits per heavy atom. The maximum atomic E-state index is 5.93. The molecule has 0 unspecified atom stereocenters. The summed E-state index contributed by atoms with van der Waals surface area (Å²) in [5.41, 5.74) is 35.2. The summed E-state index contributed by atoms with van der Waals surface area (Å²) in [5.74, 6) is 1.33. The van der Waals surface area contributed by atoms with Gasteiger partial charge in [-0.1, -0.05) is 273 Å². The van der Waals surface area contributed by atoms with Crippen molar-refractivity contribution >= 4 is 131 Å². The van der Waals surface area contributed by atoms with Gasteiger partial charge in [0.15, 0.2) is 5.82 Å². The Balaban J connectivity index is 0.657. The van der Waals surface area contributed by atoms with Crippen LogP contribution in [0.4, 0.5) is 0 Å². The SMILES string of the molecule is c1ccc(-c2cccc(-c3cccc(-c4cc(-n5c6ccc(-c7ccc8c(c7)c7ccccc7n8-c7ccccc7)cc6c6cc(-c7ccc8c(c7)c7ccccc7n8-c7ccccc7)ccc65)nc(-c5cccc(-n6c7ccc(-c8ccc9c(c8)c8ccccc8n9-c8ccccc8)cc7c7cc(-c8ccc9c(c8)c8ccccc8n9-c8ccccc8)ccc76)c5)n4)c3)c2)cc1. The van der Waals surface area contributed by atoms with Crippen molar-refractivity contribution in [3.8, 4) is 124 Å². The molecule has 20 aromatic carbocycles. The highest BCUT2D eigenvalue weighted by Crippen LogP contribution is 2.47. The molecule has 614 valence electrons. The minimum Gasteiger partial charge on any atom is -0.309 e. The minimum absolute atomic E-state index is 0.591. The van der Waals surface area contributed by atoms with Crippen LogP contribution in [0, 0.1) is 0 Å². The summed E-state index contributed by atoms with van der Waals surface area (Å²) in [6, 6.07) is 174. The lowest BCUT2D eigenvalue weighted by Gasteiger charge is -2.14. The molecule has 0 radical (unpaired) electrons. The molecule has 7 aromatic heterocycles. The average Bonchev–Trinajstić information content (AvgIpc) is 1.35. The van der Waals surface area contributed by atoms with E-state index in [9.17, 15) is 0 Å². The molecule has 0 N–H and O–H groups in total. The molecule has 0 saturated heterocycles. The van der Waals surface area contributed by atoms with Gasteiger partial charge in [0.05, 0.1) is 71.9 Å². The molecule has 0 atom stereocenters. The number of fused-ring (bicyclic) bond motifs is 18. The first kappa shape index (κ1) is 74.5. The van der Waals surface area contributed by atoms with E-state index in [1.807, 2.05) is 0 Å². The van der Waals surface area contributed by atoms with Crippen LogP contribution in [-0.2, 0) is 0 Å². The topological polar surface area (TPSA) is 55.4 Å². The van der Waals surface area contributed by atoms with Crippen LogP contribution in [-0.4, -0.2) is 37.4 Å². The van der Waals surface area contributed by atoms with Gasteiger partial charge in [0.25, 0.3) is 0 Å². The Bertz CT molecular complexity index is 8960. The van der Waals surface area contributed by atoms with Crippen LogP contribution in [0.3, 0.4) is 0 Å². The Labute approximate surface area is 759 Å². The van der Waals surface area contributed by atoms with E-state index in [0.29, 0.717) is 5.82 Å². The maximum Gasteiger partial charge on any atom is 0.162 e. The van der Waals surface area contributed by atoms with Crippen LogP contribution in [0.25, 0.3) is 254 Å². The van der Waals surface area contributed by atoms with Crippen molar-refractivity contribution < 1.29 is 0 Å². The molecule has 0 fully saturated rings. The molecule has 8 nitrogen and oxygen atoms in total.